The minimum Gasteiger partial charge on any atom is -0.456 e. The monoisotopic (exact) mass is 463 g/mol. The van der Waals surface area contributed by atoms with E-state index in [0.29, 0.717) is 16.4 Å². The number of fused-ring (bicyclic) bond motifs is 1. The lowest BCUT2D eigenvalue weighted by atomic mass is 10.1. The normalized spacial score (nSPS) is 11.2. The molecule has 0 N–H and O–H groups in total. The van der Waals surface area contributed by atoms with Crippen molar-refractivity contribution in [1.29, 1.82) is 0 Å². The molecule has 9 heteroatoms. The summed E-state index contributed by atoms with van der Waals surface area (Å²) < 4.78 is 7.25. The van der Waals surface area contributed by atoms with E-state index in [4.69, 9.17) is 4.74 Å². The van der Waals surface area contributed by atoms with Gasteiger partial charge in [-0.15, -0.1) is 11.3 Å². The van der Waals surface area contributed by atoms with Crippen LogP contribution in [-0.4, -0.2) is 31.6 Å². The molecular weight excluding hydrogens is 438 g/mol. The Balaban J connectivity index is 1.48. The Bertz CT molecular complexity index is 1340. The number of aromatic nitrogens is 4. The fraction of sp³-hybridized carbons (Fsp3) is 0.292. The van der Waals surface area contributed by atoms with Gasteiger partial charge < -0.3 is 4.74 Å². The summed E-state index contributed by atoms with van der Waals surface area (Å²) >= 11 is 1.32. The number of carbonyl (C=O) groups excluding carboxylic acids is 2. The van der Waals surface area contributed by atoms with Gasteiger partial charge in [0.15, 0.2) is 10.8 Å². The maximum atomic E-state index is 12.6. The number of ether oxygens (including phenoxy) is 1. The molecule has 3 heterocycles. The predicted octanol–water partition coefficient (Wildman–Crippen LogP) is 5.13. The van der Waals surface area contributed by atoms with Crippen molar-refractivity contribution in [1.82, 2.24) is 19.7 Å². The van der Waals surface area contributed by atoms with Crippen LogP contribution in [0.2, 0.25) is 0 Å². The van der Waals surface area contributed by atoms with Crippen LogP contribution in [0.4, 0.5) is 10.8 Å². The van der Waals surface area contributed by atoms with Crippen molar-refractivity contribution >= 4 is 45.1 Å². The van der Waals surface area contributed by atoms with Crippen LogP contribution >= 0.6 is 11.3 Å². The zero-order valence-electron chi connectivity index (χ0n) is 19.2. The van der Waals surface area contributed by atoms with Gasteiger partial charge >= 0.3 is 5.97 Å². The van der Waals surface area contributed by atoms with E-state index in [2.05, 4.69) is 15.1 Å². The molecule has 0 aliphatic heterocycles. The number of thiazole rings is 1. The summed E-state index contributed by atoms with van der Waals surface area (Å²) in [6.45, 7) is 9.57. The quantitative estimate of drug-likeness (QED) is 0.368. The van der Waals surface area contributed by atoms with Crippen molar-refractivity contribution in [3.05, 3.63) is 64.4 Å². The third-order valence-electron chi connectivity index (χ3n) is 5.30. The topological polar surface area (TPSA) is 90.2 Å². The molecule has 170 valence electrons. The molecule has 0 fully saturated rings. The van der Waals surface area contributed by atoms with E-state index in [1.807, 2.05) is 45.9 Å². The van der Waals surface area contributed by atoms with Crippen LogP contribution < -0.4 is 4.90 Å². The minimum absolute atomic E-state index is 0.00268. The van der Waals surface area contributed by atoms with Crippen LogP contribution in [-0.2, 0) is 16.1 Å². The highest BCUT2D eigenvalue weighted by molar-refractivity contribution is 7.14. The molecule has 1 aromatic carbocycles. The summed E-state index contributed by atoms with van der Waals surface area (Å²) in [5.74, 6) is -0.633. The zero-order chi connectivity index (χ0) is 23.7. The van der Waals surface area contributed by atoms with Crippen LogP contribution in [0.5, 0.6) is 0 Å². The van der Waals surface area contributed by atoms with Crippen molar-refractivity contribution in [3.63, 3.8) is 0 Å². The third-order valence-corrected chi connectivity index (χ3v) is 6.18. The van der Waals surface area contributed by atoms with E-state index >= 15 is 0 Å². The Morgan fingerprint density at radius 2 is 1.94 bits per heavy atom. The van der Waals surface area contributed by atoms with Crippen LogP contribution in [0.15, 0.2) is 42.0 Å². The van der Waals surface area contributed by atoms with Crippen LogP contribution in [0.25, 0.3) is 11.0 Å². The van der Waals surface area contributed by atoms with E-state index in [0.717, 1.165) is 27.8 Å². The van der Waals surface area contributed by atoms with Crippen LogP contribution in [0.3, 0.4) is 0 Å². The second kappa shape index (κ2) is 9.11. The van der Waals surface area contributed by atoms with Crippen molar-refractivity contribution in [3.8, 4) is 0 Å². The smallest absolute Gasteiger partial charge is 0.340 e. The molecule has 8 nitrogen and oxygen atoms in total. The SMILES string of the molecule is CC(=O)N(c1ccc(C)c(C)c1)c1nc(COC(=O)c2cnc3c(cnn3C(C)C)c2)cs1. The Labute approximate surface area is 195 Å². The number of hydrogen-bond acceptors (Lipinski definition) is 7. The Hall–Kier alpha value is -3.59. The fourth-order valence-corrected chi connectivity index (χ4v) is 4.28. The molecule has 0 unspecified atom stereocenters. The van der Waals surface area contributed by atoms with E-state index < -0.39 is 5.97 Å². The summed E-state index contributed by atoms with van der Waals surface area (Å²) in [5.41, 5.74) is 4.64. The van der Waals surface area contributed by atoms with Gasteiger partial charge in [0.1, 0.15) is 6.61 Å². The largest absolute Gasteiger partial charge is 0.456 e. The maximum Gasteiger partial charge on any atom is 0.340 e. The highest BCUT2D eigenvalue weighted by atomic mass is 32.1. The van der Waals surface area contributed by atoms with Gasteiger partial charge in [-0.1, -0.05) is 6.07 Å². The number of amides is 1. The van der Waals surface area contributed by atoms with E-state index in [9.17, 15) is 9.59 Å². The number of hydrogen-bond donors (Lipinski definition) is 0. The van der Waals surface area contributed by atoms with Gasteiger partial charge in [0, 0.05) is 29.9 Å². The molecule has 0 aliphatic carbocycles. The van der Waals surface area contributed by atoms with E-state index in [1.165, 1.54) is 24.5 Å². The van der Waals surface area contributed by atoms with Crippen molar-refractivity contribution in [2.75, 3.05) is 4.90 Å². The molecule has 0 bridgehead atoms. The van der Waals surface area contributed by atoms with Gasteiger partial charge in [-0.25, -0.2) is 19.4 Å². The third kappa shape index (κ3) is 4.63. The number of aryl methyl sites for hydroxylation is 2. The second-order valence-electron chi connectivity index (χ2n) is 8.14. The van der Waals surface area contributed by atoms with Crippen molar-refractivity contribution in [2.45, 2.75) is 47.3 Å². The first-order chi connectivity index (χ1) is 15.7. The van der Waals surface area contributed by atoms with Crippen LogP contribution in [0, 0.1) is 13.8 Å². The molecule has 0 saturated heterocycles. The number of anilines is 2. The first-order valence-corrected chi connectivity index (χ1v) is 11.5. The molecule has 0 radical (unpaired) electrons. The molecule has 0 aliphatic rings. The summed E-state index contributed by atoms with van der Waals surface area (Å²) in [5, 5.41) is 7.41. The molecule has 0 spiro atoms. The molecule has 3 aromatic heterocycles. The lowest BCUT2D eigenvalue weighted by Crippen LogP contribution is -2.22. The fourth-order valence-electron chi connectivity index (χ4n) is 3.41. The Morgan fingerprint density at radius 1 is 1.15 bits per heavy atom. The van der Waals surface area contributed by atoms with Crippen molar-refractivity contribution < 1.29 is 14.3 Å². The summed E-state index contributed by atoms with van der Waals surface area (Å²) in [4.78, 5) is 35.4. The number of pyridine rings is 1. The number of esters is 1. The number of carbonyl (C=O) groups is 2. The Morgan fingerprint density at radius 3 is 2.64 bits per heavy atom. The molecule has 33 heavy (non-hydrogen) atoms. The van der Waals surface area contributed by atoms with Gasteiger partial charge in [0.05, 0.1) is 23.1 Å². The first kappa shape index (κ1) is 22.6. The minimum atomic E-state index is -0.492. The van der Waals surface area contributed by atoms with Gasteiger partial charge in [0.2, 0.25) is 5.91 Å². The van der Waals surface area contributed by atoms with Gasteiger partial charge in [0.25, 0.3) is 0 Å². The molecule has 0 atom stereocenters. The second-order valence-corrected chi connectivity index (χ2v) is 8.98. The predicted molar refractivity (Wildman–Crippen MR) is 128 cm³/mol. The van der Waals surface area contributed by atoms with Gasteiger partial charge in [-0.3, -0.25) is 9.69 Å². The summed E-state index contributed by atoms with van der Waals surface area (Å²) in [6.07, 6.45) is 3.18. The molecule has 1 amide bonds. The zero-order valence-corrected chi connectivity index (χ0v) is 20.0. The molecule has 4 aromatic rings. The number of benzene rings is 1. The van der Waals surface area contributed by atoms with Crippen molar-refractivity contribution in [2.24, 2.45) is 0 Å². The van der Waals surface area contributed by atoms with E-state index in [1.54, 1.807) is 27.2 Å². The summed E-state index contributed by atoms with van der Waals surface area (Å²) in [7, 11) is 0. The van der Waals surface area contributed by atoms with Crippen LogP contribution in [0.1, 0.15) is 54.0 Å². The lowest BCUT2D eigenvalue weighted by molar-refractivity contribution is -0.115. The standard InChI is InChI=1S/C24H25N5O3S/c1-14(2)29-22-18(11-26-29)9-19(10-25-22)23(31)32-12-20-13-33-24(27-20)28(17(5)30)21-7-6-15(3)16(4)8-21/h6-11,13-14H,12H2,1-5H3. The summed E-state index contributed by atoms with van der Waals surface area (Å²) in [6, 6.07) is 7.73. The first-order valence-electron chi connectivity index (χ1n) is 10.6. The average Bonchev–Trinajstić information content (AvgIpc) is 3.41. The maximum absolute atomic E-state index is 12.6. The lowest BCUT2D eigenvalue weighted by Gasteiger charge is -2.19. The van der Waals surface area contributed by atoms with Gasteiger partial charge in [-0.2, -0.15) is 5.10 Å². The number of nitrogens with zero attached hydrogens (tertiary/aromatic N) is 5. The van der Waals surface area contributed by atoms with E-state index in [-0.39, 0.29) is 18.6 Å². The molecule has 4 rings (SSSR count). The highest BCUT2D eigenvalue weighted by Gasteiger charge is 2.19. The molecule has 0 saturated carbocycles. The average molecular weight is 464 g/mol. The molecular formula is C24H25N5O3S. The Kier molecular flexibility index (Phi) is 6.24. The van der Waals surface area contributed by atoms with Gasteiger partial charge in [-0.05, 0) is 57.0 Å². The highest BCUT2D eigenvalue weighted by Crippen LogP contribution is 2.30. The number of rotatable bonds is 6.